The number of ketones is 1. The van der Waals surface area contributed by atoms with Crippen LogP contribution in [0, 0.1) is 38.7 Å². The highest BCUT2D eigenvalue weighted by Gasteiger charge is 2.60. The number of dihydropyridines is 1. The molecule has 1 aliphatic heterocycles. The molecule has 4 aliphatic carbocycles. The standard InChI is InChI=1S/C22H32O3.C17H18N2O6/c1-4-20(24)25-19-8-7-17-16-6-5-14-13-15(23)9-11-21(14,2)18(16)10-12-22(17,19)3;1-9-13(16(20)24-3)15(14(10(2)18-9)17(21)25-4)11-7-5-6-8-12(11)19(22)23/h13,16-19H,4-12H2,1-3H3;5-8,15,18H,1-4H3. The van der Waals surface area contributed by atoms with Crippen molar-refractivity contribution in [2.24, 2.45) is 28.6 Å². The number of hydrogen-bond donors (Lipinski definition) is 1. The Kier molecular flexibility index (Phi) is 10.7. The van der Waals surface area contributed by atoms with Crippen LogP contribution in [0.25, 0.3) is 0 Å². The number of nitrogens with zero attached hydrogens (tertiary/aromatic N) is 1. The Bertz CT molecular complexity index is 1640. The fourth-order valence-electron chi connectivity index (χ4n) is 9.91. The van der Waals surface area contributed by atoms with E-state index in [1.54, 1.807) is 19.9 Å². The lowest BCUT2D eigenvalue weighted by Crippen LogP contribution is -2.51. The second kappa shape index (κ2) is 14.5. The number of rotatable bonds is 6. The minimum atomic E-state index is -0.970. The number of fused-ring (bicyclic) bond motifs is 5. The summed E-state index contributed by atoms with van der Waals surface area (Å²) in [4.78, 5) is 59.4. The Morgan fingerprint density at radius 1 is 0.920 bits per heavy atom. The largest absolute Gasteiger partial charge is 0.466 e. The van der Waals surface area contributed by atoms with E-state index in [4.69, 9.17) is 14.2 Å². The predicted molar refractivity (Wildman–Crippen MR) is 185 cm³/mol. The van der Waals surface area contributed by atoms with Crippen molar-refractivity contribution in [1.29, 1.82) is 0 Å². The number of carbonyl (C=O) groups is 4. The normalized spacial score (nSPS) is 30.4. The van der Waals surface area contributed by atoms with Gasteiger partial charge in [-0.1, -0.05) is 44.5 Å². The number of para-hydroxylation sites is 1. The molecule has 0 bridgehead atoms. The summed E-state index contributed by atoms with van der Waals surface area (Å²) in [5, 5.41) is 14.4. The first kappa shape index (κ1) is 37.0. The molecule has 0 spiro atoms. The zero-order valence-corrected chi connectivity index (χ0v) is 30.3. The molecule has 11 heteroatoms. The van der Waals surface area contributed by atoms with E-state index in [-0.39, 0.29) is 45.3 Å². The van der Waals surface area contributed by atoms with E-state index in [1.165, 1.54) is 57.3 Å². The molecule has 0 radical (unpaired) electrons. The second-order valence-electron chi connectivity index (χ2n) is 14.9. The van der Waals surface area contributed by atoms with Crippen LogP contribution in [0.4, 0.5) is 5.69 Å². The molecule has 1 aromatic carbocycles. The van der Waals surface area contributed by atoms with Crippen molar-refractivity contribution in [3.8, 4) is 0 Å². The van der Waals surface area contributed by atoms with Crippen molar-refractivity contribution >= 4 is 29.4 Å². The molecule has 6 unspecified atom stereocenters. The molecule has 50 heavy (non-hydrogen) atoms. The highest BCUT2D eigenvalue weighted by molar-refractivity contribution is 6.00. The van der Waals surface area contributed by atoms with Gasteiger partial charge < -0.3 is 19.5 Å². The van der Waals surface area contributed by atoms with Crippen LogP contribution >= 0.6 is 0 Å². The molecule has 1 heterocycles. The van der Waals surface area contributed by atoms with Gasteiger partial charge in [0.2, 0.25) is 0 Å². The van der Waals surface area contributed by atoms with Crippen LogP contribution in [0.2, 0.25) is 0 Å². The van der Waals surface area contributed by atoms with Crippen LogP contribution in [0.5, 0.6) is 0 Å². The van der Waals surface area contributed by atoms with Gasteiger partial charge in [-0.15, -0.1) is 0 Å². The maximum Gasteiger partial charge on any atom is 0.336 e. The molecule has 6 atom stereocenters. The van der Waals surface area contributed by atoms with Crippen LogP contribution in [0.3, 0.4) is 0 Å². The first-order valence-corrected chi connectivity index (χ1v) is 17.7. The number of ether oxygens (including phenoxy) is 3. The van der Waals surface area contributed by atoms with Crippen LogP contribution < -0.4 is 5.32 Å². The smallest absolute Gasteiger partial charge is 0.336 e. The molecule has 0 amide bonds. The van der Waals surface area contributed by atoms with Gasteiger partial charge in [0.1, 0.15) is 6.10 Å². The number of methoxy groups -OCH3 is 2. The lowest BCUT2D eigenvalue weighted by atomic mass is 9.47. The highest BCUT2D eigenvalue weighted by atomic mass is 16.6. The predicted octanol–water partition coefficient (Wildman–Crippen LogP) is 7.02. The van der Waals surface area contributed by atoms with Gasteiger partial charge in [0.15, 0.2) is 5.78 Å². The fraction of sp³-hybridized carbons (Fsp3) is 0.590. The third-order valence-corrected chi connectivity index (χ3v) is 12.5. The number of nitro benzene ring substituents is 1. The summed E-state index contributed by atoms with van der Waals surface area (Å²) in [6.45, 7) is 9.98. The molecule has 3 fully saturated rings. The zero-order chi connectivity index (χ0) is 36.5. The van der Waals surface area contributed by atoms with E-state index >= 15 is 0 Å². The van der Waals surface area contributed by atoms with E-state index in [0.717, 1.165) is 38.0 Å². The molecule has 270 valence electrons. The Morgan fingerprint density at radius 2 is 1.56 bits per heavy atom. The van der Waals surface area contributed by atoms with Crippen LogP contribution in [0.1, 0.15) is 104 Å². The highest BCUT2D eigenvalue weighted by Crippen LogP contribution is 2.65. The van der Waals surface area contributed by atoms with E-state index < -0.39 is 22.8 Å². The Morgan fingerprint density at radius 3 is 2.16 bits per heavy atom. The molecule has 1 aromatic rings. The van der Waals surface area contributed by atoms with Crippen LogP contribution in [0.15, 0.2) is 58.5 Å². The summed E-state index contributed by atoms with van der Waals surface area (Å²) in [5.74, 6) is 0.0853. The van der Waals surface area contributed by atoms with Gasteiger partial charge in [-0.3, -0.25) is 19.7 Å². The fourth-order valence-corrected chi connectivity index (χ4v) is 9.91. The SMILES string of the molecule is CCC(=O)OC1CCC2C3CCC4=CC(=O)CCC4(C)C3CCC12C.COC(=O)C1=C(C)NC(C)=C(C(=O)OC)C1c1ccccc1[N+](=O)[O-]. The molecule has 3 saturated carbocycles. The van der Waals surface area contributed by atoms with Crippen LogP contribution in [-0.4, -0.2) is 48.9 Å². The van der Waals surface area contributed by atoms with Gasteiger partial charge in [-0.05, 0) is 88.0 Å². The van der Waals surface area contributed by atoms with E-state index in [2.05, 4.69) is 19.2 Å². The molecule has 11 nitrogen and oxygen atoms in total. The molecule has 0 aromatic heterocycles. The number of nitrogens with one attached hydrogen (secondary N) is 1. The average Bonchev–Trinajstić information content (AvgIpc) is 3.43. The summed E-state index contributed by atoms with van der Waals surface area (Å²) in [6, 6.07) is 5.97. The minimum absolute atomic E-state index is 0.0411. The average molecular weight is 691 g/mol. The molecule has 0 saturated heterocycles. The lowest BCUT2D eigenvalue weighted by molar-refractivity contribution is -0.385. The summed E-state index contributed by atoms with van der Waals surface area (Å²) >= 11 is 0. The molecular weight excluding hydrogens is 640 g/mol. The Balaban J connectivity index is 0.000000194. The second-order valence-corrected chi connectivity index (χ2v) is 14.9. The van der Waals surface area contributed by atoms with E-state index in [1.807, 2.05) is 13.0 Å². The number of hydrogen-bond acceptors (Lipinski definition) is 10. The number of carbonyl (C=O) groups excluding carboxylic acids is 4. The topological polar surface area (TPSA) is 151 Å². The molecular formula is C39H50N2O9. The van der Waals surface area contributed by atoms with Crippen molar-refractivity contribution < 1.29 is 38.3 Å². The molecule has 6 rings (SSSR count). The van der Waals surface area contributed by atoms with Gasteiger partial charge in [0.25, 0.3) is 5.69 Å². The number of benzene rings is 1. The maximum atomic E-state index is 12.3. The zero-order valence-electron chi connectivity index (χ0n) is 30.3. The van der Waals surface area contributed by atoms with Crippen molar-refractivity contribution in [3.63, 3.8) is 0 Å². The van der Waals surface area contributed by atoms with Gasteiger partial charge >= 0.3 is 17.9 Å². The number of esters is 3. The first-order chi connectivity index (χ1) is 23.7. The third-order valence-electron chi connectivity index (χ3n) is 12.5. The monoisotopic (exact) mass is 690 g/mol. The third kappa shape index (κ3) is 6.51. The summed E-state index contributed by atoms with van der Waals surface area (Å²) in [7, 11) is 2.42. The maximum absolute atomic E-state index is 12.3. The van der Waals surface area contributed by atoms with Crippen LogP contribution in [-0.2, 0) is 33.4 Å². The van der Waals surface area contributed by atoms with Crippen molar-refractivity contribution in [3.05, 3.63) is 74.1 Å². The van der Waals surface area contributed by atoms with Gasteiger partial charge in [-0.25, -0.2) is 9.59 Å². The molecule has 1 N–H and O–H groups in total. The summed E-state index contributed by atoms with van der Waals surface area (Å²) in [5.41, 5.74) is 3.02. The van der Waals surface area contributed by atoms with Crippen molar-refractivity contribution in [2.75, 3.05) is 14.2 Å². The Hall–Kier alpha value is -4.28. The minimum Gasteiger partial charge on any atom is -0.466 e. The lowest BCUT2D eigenvalue weighted by Gasteiger charge is -2.57. The summed E-state index contributed by atoms with van der Waals surface area (Å²) in [6.07, 6.45) is 11.3. The van der Waals surface area contributed by atoms with E-state index in [0.29, 0.717) is 35.4 Å². The van der Waals surface area contributed by atoms with Gasteiger partial charge in [-0.2, -0.15) is 0 Å². The van der Waals surface area contributed by atoms with Gasteiger partial charge in [0.05, 0.1) is 36.2 Å². The number of allylic oxidation sites excluding steroid dienone is 3. The Labute approximate surface area is 294 Å². The quantitative estimate of drug-likeness (QED) is 0.143. The van der Waals surface area contributed by atoms with Crippen molar-refractivity contribution in [1.82, 2.24) is 5.32 Å². The number of nitro groups is 1. The molecule has 5 aliphatic rings. The van der Waals surface area contributed by atoms with Gasteiger partial charge in [0, 0.05) is 41.3 Å². The summed E-state index contributed by atoms with van der Waals surface area (Å²) < 4.78 is 15.5. The van der Waals surface area contributed by atoms with Crippen molar-refractivity contribution in [2.45, 2.75) is 104 Å². The van der Waals surface area contributed by atoms with E-state index in [9.17, 15) is 29.3 Å². The first-order valence-electron chi connectivity index (χ1n) is 17.7.